The second-order valence-electron chi connectivity index (χ2n) is 2.68. The summed E-state index contributed by atoms with van der Waals surface area (Å²) in [5.41, 5.74) is 5.18. The Kier molecular flexibility index (Phi) is 3.33. The fraction of sp³-hybridized carbons (Fsp3) is 0.111. The maximum Gasteiger partial charge on any atom is 0.332 e. The topological polar surface area (TPSA) is 64.7 Å². The zero-order chi connectivity index (χ0) is 11.4. The van der Waals surface area contributed by atoms with Crippen molar-refractivity contribution in [3.8, 4) is 0 Å². The summed E-state index contributed by atoms with van der Waals surface area (Å²) in [6.45, 7) is 1.12. The van der Waals surface area contributed by atoms with Gasteiger partial charge in [0.05, 0.1) is 5.56 Å². The molecule has 0 unspecified atom stereocenters. The molecular weight excluding hydrogens is 206 g/mol. The lowest BCUT2D eigenvalue weighted by Gasteiger charge is -2.01. The van der Waals surface area contributed by atoms with E-state index in [2.05, 4.69) is 9.99 Å². The number of benzene rings is 1. The first-order valence-electron chi connectivity index (χ1n) is 3.97. The van der Waals surface area contributed by atoms with Crippen molar-refractivity contribution in [1.82, 2.24) is 0 Å². The number of oxime groups is 1. The number of nitrogens with two attached hydrogens (primary N) is 1. The van der Waals surface area contributed by atoms with E-state index in [1.165, 1.54) is 0 Å². The standard InChI is InChI=1S/C9H8F2N2O2/c1-5(14)15-13-9(12)7-3-2-6(10)4-8(7)11/h2-4H,1H3,(H2,12,13). The third-order valence-electron chi connectivity index (χ3n) is 1.48. The van der Waals surface area contributed by atoms with Crippen LogP contribution in [0.25, 0.3) is 0 Å². The molecule has 0 spiro atoms. The van der Waals surface area contributed by atoms with Crippen molar-refractivity contribution < 1.29 is 18.4 Å². The van der Waals surface area contributed by atoms with Crippen LogP contribution in [-0.2, 0) is 9.63 Å². The van der Waals surface area contributed by atoms with Gasteiger partial charge in [-0.2, -0.15) is 0 Å². The van der Waals surface area contributed by atoms with Crippen LogP contribution >= 0.6 is 0 Å². The average molecular weight is 214 g/mol. The molecule has 0 fully saturated rings. The number of hydrogen-bond donors (Lipinski definition) is 1. The van der Waals surface area contributed by atoms with Gasteiger partial charge < -0.3 is 10.6 Å². The number of hydrogen-bond acceptors (Lipinski definition) is 3. The Hall–Kier alpha value is -1.98. The van der Waals surface area contributed by atoms with Crippen LogP contribution in [0.1, 0.15) is 12.5 Å². The summed E-state index contributed by atoms with van der Waals surface area (Å²) in [5.74, 6) is -2.61. The molecule has 4 nitrogen and oxygen atoms in total. The molecule has 0 saturated heterocycles. The summed E-state index contributed by atoms with van der Waals surface area (Å²) in [4.78, 5) is 14.6. The van der Waals surface area contributed by atoms with E-state index >= 15 is 0 Å². The summed E-state index contributed by atoms with van der Waals surface area (Å²) in [5, 5.41) is 3.17. The van der Waals surface area contributed by atoms with Gasteiger partial charge in [0, 0.05) is 13.0 Å². The van der Waals surface area contributed by atoms with Gasteiger partial charge in [0.15, 0.2) is 5.84 Å². The number of nitrogens with zero attached hydrogens (tertiary/aromatic N) is 1. The summed E-state index contributed by atoms with van der Waals surface area (Å²) in [6, 6.07) is 2.78. The fourth-order valence-corrected chi connectivity index (χ4v) is 0.860. The zero-order valence-electron chi connectivity index (χ0n) is 7.83. The first-order valence-corrected chi connectivity index (χ1v) is 3.97. The third-order valence-corrected chi connectivity index (χ3v) is 1.48. The van der Waals surface area contributed by atoms with Crippen LogP contribution in [0.15, 0.2) is 23.4 Å². The lowest BCUT2D eigenvalue weighted by atomic mass is 10.2. The molecule has 1 rings (SSSR count). The molecule has 15 heavy (non-hydrogen) atoms. The molecular formula is C9H8F2N2O2. The zero-order valence-corrected chi connectivity index (χ0v) is 7.83. The maximum absolute atomic E-state index is 13.1. The molecule has 0 bridgehead atoms. The summed E-state index contributed by atoms with van der Waals surface area (Å²) < 4.78 is 25.6. The Morgan fingerprint density at radius 3 is 2.67 bits per heavy atom. The van der Waals surface area contributed by atoms with E-state index in [9.17, 15) is 13.6 Å². The minimum absolute atomic E-state index is 0.127. The van der Waals surface area contributed by atoms with Crippen LogP contribution < -0.4 is 5.73 Å². The minimum Gasteiger partial charge on any atom is -0.380 e. The number of halogens is 2. The number of carbonyl (C=O) groups is 1. The quantitative estimate of drug-likeness (QED) is 0.347. The second kappa shape index (κ2) is 4.50. The van der Waals surface area contributed by atoms with E-state index in [-0.39, 0.29) is 11.4 Å². The molecule has 6 heteroatoms. The third kappa shape index (κ3) is 3.01. The molecule has 1 aromatic rings. The number of amidine groups is 1. The first kappa shape index (κ1) is 11.1. The van der Waals surface area contributed by atoms with Crippen molar-refractivity contribution in [3.05, 3.63) is 35.4 Å². The maximum atomic E-state index is 13.1. The van der Waals surface area contributed by atoms with E-state index in [0.717, 1.165) is 19.1 Å². The van der Waals surface area contributed by atoms with Gasteiger partial charge in [-0.15, -0.1) is 0 Å². The Labute approximate surface area is 84.3 Å². The Morgan fingerprint density at radius 2 is 2.13 bits per heavy atom. The molecule has 1 aromatic carbocycles. The van der Waals surface area contributed by atoms with Crippen LogP contribution in [0.2, 0.25) is 0 Å². The Bertz CT molecular complexity index is 419. The molecule has 0 atom stereocenters. The van der Waals surface area contributed by atoms with E-state index in [1.54, 1.807) is 0 Å². The van der Waals surface area contributed by atoms with Gasteiger partial charge in [0.2, 0.25) is 0 Å². The number of rotatable bonds is 2. The smallest absolute Gasteiger partial charge is 0.332 e. The highest BCUT2D eigenvalue weighted by molar-refractivity contribution is 5.97. The molecule has 0 aliphatic heterocycles. The van der Waals surface area contributed by atoms with Crippen molar-refractivity contribution in [1.29, 1.82) is 0 Å². The van der Waals surface area contributed by atoms with Gasteiger partial charge in [-0.3, -0.25) is 0 Å². The molecule has 0 aliphatic rings. The van der Waals surface area contributed by atoms with Crippen LogP contribution in [-0.4, -0.2) is 11.8 Å². The van der Waals surface area contributed by atoms with Gasteiger partial charge >= 0.3 is 5.97 Å². The largest absolute Gasteiger partial charge is 0.380 e. The molecule has 0 amide bonds. The molecule has 80 valence electrons. The summed E-state index contributed by atoms with van der Waals surface area (Å²) in [6.07, 6.45) is 0. The first-order chi connectivity index (χ1) is 7.00. The van der Waals surface area contributed by atoms with Crippen molar-refractivity contribution >= 4 is 11.8 Å². The lowest BCUT2D eigenvalue weighted by Crippen LogP contribution is -2.16. The van der Waals surface area contributed by atoms with E-state index in [4.69, 9.17) is 5.73 Å². The van der Waals surface area contributed by atoms with E-state index < -0.39 is 17.6 Å². The SMILES string of the molecule is CC(=O)ON=C(N)c1ccc(F)cc1F. The monoisotopic (exact) mass is 214 g/mol. The molecule has 0 saturated carbocycles. The van der Waals surface area contributed by atoms with Gasteiger partial charge in [-0.1, -0.05) is 5.16 Å². The van der Waals surface area contributed by atoms with Gasteiger partial charge in [0.1, 0.15) is 11.6 Å². The predicted molar refractivity (Wildman–Crippen MR) is 48.8 cm³/mol. The minimum atomic E-state index is -0.872. The van der Waals surface area contributed by atoms with Gasteiger partial charge in [-0.05, 0) is 12.1 Å². The molecule has 0 radical (unpaired) electrons. The molecule has 0 heterocycles. The van der Waals surface area contributed by atoms with Crippen LogP contribution in [0.5, 0.6) is 0 Å². The highest BCUT2D eigenvalue weighted by atomic mass is 19.1. The van der Waals surface area contributed by atoms with Crippen molar-refractivity contribution in [3.63, 3.8) is 0 Å². The second-order valence-corrected chi connectivity index (χ2v) is 2.68. The summed E-state index contributed by atoms with van der Waals surface area (Å²) >= 11 is 0. The Balaban J connectivity index is 2.95. The molecule has 2 N–H and O–H groups in total. The highest BCUT2D eigenvalue weighted by Gasteiger charge is 2.08. The summed E-state index contributed by atoms with van der Waals surface area (Å²) in [7, 11) is 0. The van der Waals surface area contributed by atoms with Crippen molar-refractivity contribution in [2.45, 2.75) is 6.92 Å². The van der Waals surface area contributed by atoms with Crippen LogP contribution in [0, 0.1) is 11.6 Å². The van der Waals surface area contributed by atoms with E-state index in [0.29, 0.717) is 6.07 Å². The van der Waals surface area contributed by atoms with E-state index in [1.807, 2.05) is 0 Å². The highest BCUT2D eigenvalue weighted by Crippen LogP contribution is 2.09. The molecule has 0 aliphatic carbocycles. The molecule has 0 aromatic heterocycles. The Morgan fingerprint density at radius 1 is 1.47 bits per heavy atom. The fourth-order valence-electron chi connectivity index (χ4n) is 0.860. The normalized spacial score (nSPS) is 11.3. The lowest BCUT2D eigenvalue weighted by molar-refractivity contribution is -0.140. The van der Waals surface area contributed by atoms with Gasteiger partial charge in [0.25, 0.3) is 0 Å². The van der Waals surface area contributed by atoms with Crippen molar-refractivity contribution in [2.75, 3.05) is 0 Å². The van der Waals surface area contributed by atoms with Crippen molar-refractivity contribution in [2.24, 2.45) is 10.9 Å². The van der Waals surface area contributed by atoms with Crippen LogP contribution in [0.3, 0.4) is 0 Å². The van der Waals surface area contributed by atoms with Crippen LogP contribution in [0.4, 0.5) is 8.78 Å². The van der Waals surface area contributed by atoms with Gasteiger partial charge in [-0.25, -0.2) is 13.6 Å². The number of carbonyl (C=O) groups excluding carboxylic acids is 1. The predicted octanol–water partition coefficient (Wildman–Crippen LogP) is 1.15. The average Bonchev–Trinajstić information content (AvgIpc) is 2.14.